The van der Waals surface area contributed by atoms with E-state index in [9.17, 15) is 4.79 Å². The molecule has 0 aliphatic rings. The Kier molecular flexibility index (Phi) is 5.01. The highest BCUT2D eigenvalue weighted by Gasteiger charge is 2.14. The van der Waals surface area contributed by atoms with E-state index in [1.807, 2.05) is 19.1 Å². The summed E-state index contributed by atoms with van der Waals surface area (Å²) in [7, 11) is 3.22. The number of aryl methyl sites for hydroxylation is 1. The Labute approximate surface area is 108 Å². The van der Waals surface area contributed by atoms with Gasteiger partial charge in [0.15, 0.2) is 0 Å². The lowest BCUT2D eigenvalue weighted by atomic mass is 9.97. The minimum absolute atomic E-state index is 0.351. The van der Waals surface area contributed by atoms with Crippen LogP contribution in [0.25, 0.3) is 0 Å². The first-order valence-corrected chi connectivity index (χ1v) is 5.94. The molecule has 4 nitrogen and oxygen atoms in total. The maximum Gasteiger partial charge on any atom is 0.306 e. The molecule has 0 heterocycles. The van der Waals surface area contributed by atoms with Crippen molar-refractivity contribution in [3.8, 4) is 11.5 Å². The number of carbonyl (C=O) groups is 1. The molecule has 1 aromatic carbocycles. The minimum Gasteiger partial charge on any atom is -0.497 e. The molecule has 0 spiro atoms. The van der Waals surface area contributed by atoms with Crippen LogP contribution < -0.4 is 9.47 Å². The molecule has 1 unspecified atom stereocenters. The second kappa shape index (κ2) is 6.28. The van der Waals surface area contributed by atoms with Gasteiger partial charge >= 0.3 is 5.97 Å². The van der Waals surface area contributed by atoms with Gasteiger partial charge in [0.1, 0.15) is 11.5 Å². The Morgan fingerprint density at radius 3 is 2.50 bits per heavy atom. The van der Waals surface area contributed by atoms with Gasteiger partial charge in [0.05, 0.1) is 20.1 Å². The Balaban J connectivity index is 2.90. The summed E-state index contributed by atoms with van der Waals surface area (Å²) < 4.78 is 10.5. The van der Waals surface area contributed by atoms with E-state index in [2.05, 4.69) is 0 Å². The van der Waals surface area contributed by atoms with Crippen molar-refractivity contribution in [1.29, 1.82) is 0 Å². The fraction of sp³-hybridized carbons (Fsp3) is 0.500. The molecule has 1 aromatic rings. The molecule has 0 saturated heterocycles. The fourth-order valence-corrected chi connectivity index (χ4v) is 1.86. The van der Waals surface area contributed by atoms with Crippen LogP contribution in [0.1, 0.15) is 24.5 Å². The van der Waals surface area contributed by atoms with Crippen LogP contribution in [0.15, 0.2) is 12.1 Å². The smallest absolute Gasteiger partial charge is 0.306 e. The topological polar surface area (TPSA) is 55.8 Å². The molecule has 0 aliphatic carbocycles. The van der Waals surface area contributed by atoms with E-state index >= 15 is 0 Å². The lowest BCUT2D eigenvalue weighted by molar-refractivity contribution is -0.141. The first-order valence-electron chi connectivity index (χ1n) is 5.94. The van der Waals surface area contributed by atoms with Crippen molar-refractivity contribution in [2.24, 2.45) is 5.92 Å². The predicted octanol–water partition coefficient (Wildman–Crippen LogP) is 2.67. The van der Waals surface area contributed by atoms with Crippen LogP contribution in [0.5, 0.6) is 11.5 Å². The Morgan fingerprint density at radius 2 is 2.00 bits per heavy atom. The third kappa shape index (κ3) is 3.39. The summed E-state index contributed by atoms with van der Waals surface area (Å²) in [4.78, 5) is 10.8. The highest BCUT2D eigenvalue weighted by molar-refractivity contribution is 5.69. The lowest BCUT2D eigenvalue weighted by Crippen LogP contribution is -2.11. The molecule has 0 amide bonds. The van der Waals surface area contributed by atoms with Crippen LogP contribution in [-0.2, 0) is 11.2 Å². The van der Waals surface area contributed by atoms with E-state index in [-0.39, 0.29) is 5.92 Å². The van der Waals surface area contributed by atoms with Gasteiger partial charge in [-0.1, -0.05) is 6.92 Å². The van der Waals surface area contributed by atoms with Crippen LogP contribution in [-0.4, -0.2) is 25.3 Å². The van der Waals surface area contributed by atoms with Crippen molar-refractivity contribution in [2.45, 2.75) is 26.7 Å². The molecule has 0 aromatic heterocycles. The van der Waals surface area contributed by atoms with Crippen LogP contribution in [0, 0.1) is 12.8 Å². The molecule has 1 N–H and O–H groups in total. The van der Waals surface area contributed by atoms with Gasteiger partial charge in [-0.15, -0.1) is 0 Å². The third-order valence-corrected chi connectivity index (χ3v) is 3.11. The van der Waals surface area contributed by atoms with Crippen LogP contribution in [0.3, 0.4) is 0 Å². The molecule has 0 saturated carbocycles. The van der Waals surface area contributed by atoms with Gasteiger partial charge in [-0.05, 0) is 37.0 Å². The number of methoxy groups -OCH3 is 2. The lowest BCUT2D eigenvalue weighted by Gasteiger charge is -2.14. The van der Waals surface area contributed by atoms with E-state index < -0.39 is 5.97 Å². The largest absolute Gasteiger partial charge is 0.497 e. The maximum absolute atomic E-state index is 10.8. The summed E-state index contributed by atoms with van der Waals surface area (Å²) >= 11 is 0. The number of hydrogen-bond donors (Lipinski definition) is 1. The van der Waals surface area contributed by atoms with Crippen LogP contribution >= 0.6 is 0 Å². The van der Waals surface area contributed by atoms with E-state index in [0.29, 0.717) is 12.8 Å². The molecule has 0 radical (unpaired) electrons. The number of ether oxygens (including phenoxy) is 2. The van der Waals surface area contributed by atoms with Crippen molar-refractivity contribution in [3.05, 3.63) is 23.3 Å². The standard InChI is InChI=1S/C14H20O4/c1-9(14(15)16)5-6-12-10(2)7-11(17-3)8-13(12)18-4/h7-9H,5-6H2,1-4H3,(H,15,16). The Bertz CT molecular complexity index is 426. The van der Waals surface area contributed by atoms with Gasteiger partial charge < -0.3 is 14.6 Å². The van der Waals surface area contributed by atoms with E-state index in [1.54, 1.807) is 21.1 Å². The third-order valence-electron chi connectivity index (χ3n) is 3.11. The number of carboxylic acids is 1. The van der Waals surface area contributed by atoms with Crippen molar-refractivity contribution in [2.75, 3.05) is 14.2 Å². The number of carboxylic acid groups (broad SMARTS) is 1. The zero-order chi connectivity index (χ0) is 13.7. The average Bonchev–Trinajstić information content (AvgIpc) is 2.35. The van der Waals surface area contributed by atoms with Crippen LogP contribution in [0.4, 0.5) is 0 Å². The van der Waals surface area contributed by atoms with Crippen molar-refractivity contribution >= 4 is 5.97 Å². The Morgan fingerprint density at radius 1 is 1.33 bits per heavy atom. The number of benzene rings is 1. The van der Waals surface area contributed by atoms with Crippen molar-refractivity contribution < 1.29 is 19.4 Å². The van der Waals surface area contributed by atoms with Gasteiger partial charge in [-0.25, -0.2) is 0 Å². The Hall–Kier alpha value is -1.71. The molecule has 1 rings (SSSR count). The number of aliphatic carboxylic acids is 1. The van der Waals surface area contributed by atoms with E-state index in [4.69, 9.17) is 14.6 Å². The predicted molar refractivity (Wildman–Crippen MR) is 69.4 cm³/mol. The molecular weight excluding hydrogens is 232 g/mol. The molecular formula is C14H20O4. The summed E-state index contributed by atoms with van der Waals surface area (Å²) in [5.41, 5.74) is 2.11. The van der Waals surface area contributed by atoms with Crippen molar-refractivity contribution in [1.82, 2.24) is 0 Å². The molecule has 100 valence electrons. The SMILES string of the molecule is COc1cc(C)c(CCC(C)C(=O)O)c(OC)c1. The van der Waals surface area contributed by atoms with Gasteiger partial charge in [0, 0.05) is 6.07 Å². The molecule has 0 aliphatic heterocycles. The normalized spacial score (nSPS) is 12.0. The van der Waals surface area contributed by atoms with Gasteiger partial charge in [-0.3, -0.25) is 4.79 Å². The second-order valence-electron chi connectivity index (χ2n) is 4.40. The van der Waals surface area contributed by atoms with Crippen molar-refractivity contribution in [3.63, 3.8) is 0 Å². The highest BCUT2D eigenvalue weighted by atomic mass is 16.5. The molecule has 0 bridgehead atoms. The number of rotatable bonds is 6. The summed E-state index contributed by atoms with van der Waals surface area (Å²) in [5.74, 6) is 0.389. The zero-order valence-electron chi connectivity index (χ0n) is 11.3. The average molecular weight is 252 g/mol. The first-order chi connectivity index (χ1) is 8.49. The van der Waals surface area contributed by atoms with Gasteiger partial charge in [-0.2, -0.15) is 0 Å². The summed E-state index contributed by atoms with van der Waals surface area (Å²) in [5, 5.41) is 8.89. The molecule has 0 fully saturated rings. The monoisotopic (exact) mass is 252 g/mol. The highest BCUT2D eigenvalue weighted by Crippen LogP contribution is 2.30. The summed E-state index contributed by atoms with van der Waals surface area (Å²) in [6.45, 7) is 3.69. The summed E-state index contributed by atoms with van der Waals surface area (Å²) in [6.07, 6.45) is 1.28. The molecule has 18 heavy (non-hydrogen) atoms. The van der Waals surface area contributed by atoms with Gasteiger partial charge in [0.2, 0.25) is 0 Å². The van der Waals surface area contributed by atoms with Gasteiger partial charge in [0.25, 0.3) is 0 Å². The molecule has 1 atom stereocenters. The first kappa shape index (κ1) is 14.4. The van der Waals surface area contributed by atoms with E-state index in [1.165, 1.54) is 0 Å². The van der Waals surface area contributed by atoms with E-state index in [0.717, 1.165) is 22.6 Å². The zero-order valence-corrected chi connectivity index (χ0v) is 11.3. The maximum atomic E-state index is 10.8. The fourth-order valence-electron chi connectivity index (χ4n) is 1.86. The number of hydrogen-bond acceptors (Lipinski definition) is 3. The minimum atomic E-state index is -0.764. The quantitative estimate of drug-likeness (QED) is 0.845. The summed E-state index contributed by atoms with van der Waals surface area (Å²) in [6, 6.07) is 3.76. The molecule has 4 heteroatoms. The van der Waals surface area contributed by atoms with Crippen LogP contribution in [0.2, 0.25) is 0 Å². The second-order valence-corrected chi connectivity index (χ2v) is 4.40.